The summed E-state index contributed by atoms with van der Waals surface area (Å²) in [5.41, 5.74) is 0. The van der Waals surface area contributed by atoms with Gasteiger partial charge in [0.15, 0.2) is 0 Å². The van der Waals surface area contributed by atoms with Gasteiger partial charge in [0.1, 0.15) is 0 Å². The first-order chi connectivity index (χ1) is 8.09. The summed E-state index contributed by atoms with van der Waals surface area (Å²) in [6, 6.07) is 0.757. The highest BCUT2D eigenvalue weighted by Crippen LogP contribution is 2.33. The molecule has 2 aliphatic rings. The summed E-state index contributed by atoms with van der Waals surface area (Å²) in [7, 11) is 0. The van der Waals surface area contributed by atoms with Crippen molar-refractivity contribution in [2.75, 3.05) is 26.2 Å². The molecular formula is C14H26N2O. The molecular weight excluding hydrogens is 212 g/mol. The van der Waals surface area contributed by atoms with Crippen LogP contribution in [-0.2, 0) is 4.79 Å². The highest BCUT2D eigenvalue weighted by molar-refractivity contribution is 5.73. The molecule has 0 radical (unpaired) electrons. The van der Waals surface area contributed by atoms with E-state index in [4.69, 9.17) is 0 Å². The van der Waals surface area contributed by atoms with Gasteiger partial charge in [0.2, 0.25) is 5.91 Å². The molecule has 98 valence electrons. The third-order valence-corrected chi connectivity index (χ3v) is 4.89. The van der Waals surface area contributed by atoms with E-state index in [0.29, 0.717) is 0 Å². The van der Waals surface area contributed by atoms with Crippen LogP contribution in [0.15, 0.2) is 0 Å². The zero-order valence-electron chi connectivity index (χ0n) is 11.5. The van der Waals surface area contributed by atoms with Crippen molar-refractivity contribution < 1.29 is 4.79 Å². The number of nitrogens with zero attached hydrogens (tertiary/aromatic N) is 2. The van der Waals surface area contributed by atoms with Crippen molar-refractivity contribution in [1.82, 2.24) is 9.80 Å². The molecule has 1 heterocycles. The van der Waals surface area contributed by atoms with Gasteiger partial charge >= 0.3 is 0 Å². The molecule has 0 aromatic heterocycles. The molecule has 2 rings (SSSR count). The molecule has 3 atom stereocenters. The molecule has 0 aromatic carbocycles. The summed E-state index contributed by atoms with van der Waals surface area (Å²) in [6.45, 7) is 10.5. The predicted octanol–water partition coefficient (Wildman–Crippen LogP) is 1.98. The Hall–Kier alpha value is -0.570. The Morgan fingerprint density at radius 2 is 1.71 bits per heavy atom. The van der Waals surface area contributed by atoms with Crippen molar-refractivity contribution in [3.63, 3.8) is 0 Å². The first-order valence-electron chi connectivity index (χ1n) is 7.09. The number of piperazine rings is 1. The molecule has 1 saturated heterocycles. The summed E-state index contributed by atoms with van der Waals surface area (Å²) >= 11 is 0. The van der Waals surface area contributed by atoms with Gasteiger partial charge < -0.3 is 4.90 Å². The van der Waals surface area contributed by atoms with E-state index in [1.807, 2.05) is 4.90 Å². The summed E-state index contributed by atoms with van der Waals surface area (Å²) in [6.07, 6.45) is 4.12. The topological polar surface area (TPSA) is 23.6 Å². The molecule has 3 unspecified atom stereocenters. The number of hydrogen-bond acceptors (Lipinski definition) is 2. The Labute approximate surface area is 105 Å². The fraction of sp³-hybridized carbons (Fsp3) is 0.929. The number of amides is 1. The van der Waals surface area contributed by atoms with E-state index < -0.39 is 0 Å². The minimum atomic E-state index is 0.231. The molecule has 2 fully saturated rings. The zero-order valence-corrected chi connectivity index (χ0v) is 11.5. The van der Waals surface area contributed by atoms with E-state index in [9.17, 15) is 4.79 Å². The monoisotopic (exact) mass is 238 g/mol. The lowest BCUT2D eigenvalue weighted by atomic mass is 9.77. The average molecular weight is 238 g/mol. The fourth-order valence-electron chi connectivity index (χ4n) is 3.44. The van der Waals surface area contributed by atoms with Gasteiger partial charge in [0.05, 0.1) is 0 Å². The third-order valence-electron chi connectivity index (χ3n) is 4.89. The maximum atomic E-state index is 11.3. The number of carbonyl (C=O) groups is 1. The number of carbonyl (C=O) groups excluding carboxylic acids is 1. The molecule has 0 aromatic rings. The van der Waals surface area contributed by atoms with Gasteiger partial charge in [-0.3, -0.25) is 9.69 Å². The quantitative estimate of drug-likeness (QED) is 0.697. The van der Waals surface area contributed by atoms with E-state index in [-0.39, 0.29) is 5.91 Å². The van der Waals surface area contributed by atoms with Gasteiger partial charge in [-0.05, 0) is 18.3 Å². The maximum Gasteiger partial charge on any atom is 0.219 e. The lowest BCUT2D eigenvalue weighted by Crippen LogP contribution is -2.54. The van der Waals surface area contributed by atoms with Crippen molar-refractivity contribution in [3.05, 3.63) is 0 Å². The molecule has 1 amide bonds. The molecule has 1 aliphatic heterocycles. The van der Waals surface area contributed by atoms with Gasteiger partial charge in [0.25, 0.3) is 0 Å². The first kappa shape index (κ1) is 12.9. The highest BCUT2D eigenvalue weighted by Gasteiger charge is 2.33. The van der Waals surface area contributed by atoms with E-state index in [2.05, 4.69) is 18.7 Å². The van der Waals surface area contributed by atoms with Crippen molar-refractivity contribution >= 4 is 5.91 Å². The second kappa shape index (κ2) is 5.38. The highest BCUT2D eigenvalue weighted by atomic mass is 16.2. The van der Waals surface area contributed by atoms with Crippen LogP contribution in [-0.4, -0.2) is 47.9 Å². The van der Waals surface area contributed by atoms with Gasteiger partial charge in [0, 0.05) is 39.1 Å². The summed E-state index contributed by atoms with van der Waals surface area (Å²) in [4.78, 5) is 15.9. The molecule has 3 heteroatoms. The Morgan fingerprint density at radius 1 is 1.06 bits per heavy atom. The normalized spacial score (nSPS) is 35.9. The Morgan fingerprint density at radius 3 is 2.29 bits per heavy atom. The van der Waals surface area contributed by atoms with Crippen molar-refractivity contribution in [3.8, 4) is 0 Å². The smallest absolute Gasteiger partial charge is 0.219 e. The van der Waals surface area contributed by atoms with Crippen LogP contribution in [0.1, 0.15) is 40.0 Å². The van der Waals surface area contributed by atoms with Crippen LogP contribution < -0.4 is 0 Å². The number of rotatable bonds is 1. The summed E-state index contributed by atoms with van der Waals surface area (Å²) < 4.78 is 0. The first-order valence-corrected chi connectivity index (χ1v) is 7.09. The van der Waals surface area contributed by atoms with Gasteiger partial charge in [-0.2, -0.15) is 0 Å². The predicted molar refractivity (Wildman–Crippen MR) is 69.8 cm³/mol. The van der Waals surface area contributed by atoms with E-state index in [1.165, 1.54) is 19.3 Å². The minimum absolute atomic E-state index is 0.231. The minimum Gasteiger partial charge on any atom is -0.340 e. The SMILES string of the molecule is CC(=O)N1CCN(C2CCCC(C)C2C)CC1. The van der Waals surface area contributed by atoms with E-state index in [1.54, 1.807) is 6.92 Å². The van der Waals surface area contributed by atoms with Gasteiger partial charge in [-0.1, -0.05) is 26.7 Å². The maximum absolute atomic E-state index is 11.3. The molecule has 3 nitrogen and oxygen atoms in total. The van der Waals surface area contributed by atoms with Crippen LogP contribution in [0.3, 0.4) is 0 Å². The Kier molecular flexibility index (Phi) is 4.08. The van der Waals surface area contributed by atoms with Crippen LogP contribution in [0.5, 0.6) is 0 Å². The Balaban J connectivity index is 1.89. The number of hydrogen-bond donors (Lipinski definition) is 0. The van der Waals surface area contributed by atoms with Gasteiger partial charge in [-0.15, -0.1) is 0 Å². The third kappa shape index (κ3) is 2.82. The van der Waals surface area contributed by atoms with Crippen molar-refractivity contribution in [2.45, 2.75) is 46.1 Å². The fourth-order valence-corrected chi connectivity index (χ4v) is 3.44. The second-order valence-corrected chi connectivity index (χ2v) is 5.88. The van der Waals surface area contributed by atoms with Crippen LogP contribution in [0.25, 0.3) is 0 Å². The molecule has 0 bridgehead atoms. The van der Waals surface area contributed by atoms with Gasteiger partial charge in [-0.25, -0.2) is 0 Å². The second-order valence-electron chi connectivity index (χ2n) is 5.88. The summed E-state index contributed by atoms with van der Waals surface area (Å²) in [5, 5.41) is 0. The molecule has 1 saturated carbocycles. The molecule has 0 N–H and O–H groups in total. The average Bonchev–Trinajstić information content (AvgIpc) is 2.33. The lowest BCUT2D eigenvalue weighted by molar-refractivity contribution is -0.131. The molecule has 0 spiro atoms. The lowest BCUT2D eigenvalue weighted by Gasteiger charge is -2.45. The zero-order chi connectivity index (χ0) is 12.4. The van der Waals surface area contributed by atoms with E-state index >= 15 is 0 Å². The van der Waals surface area contributed by atoms with Crippen molar-refractivity contribution in [1.29, 1.82) is 0 Å². The van der Waals surface area contributed by atoms with Crippen LogP contribution in [0.2, 0.25) is 0 Å². The van der Waals surface area contributed by atoms with Crippen molar-refractivity contribution in [2.24, 2.45) is 11.8 Å². The molecule has 17 heavy (non-hydrogen) atoms. The van der Waals surface area contributed by atoms with Crippen LogP contribution in [0.4, 0.5) is 0 Å². The largest absolute Gasteiger partial charge is 0.340 e. The van der Waals surface area contributed by atoms with Crippen LogP contribution >= 0.6 is 0 Å². The standard InChI is InChI=1S/C14H26N2O/c1-11-5-4-6-14(12(11)2)16-9-7-15(8-10-16)13(3)17/h11-12,14H,4-10H2,1-3H3. The molecule has 1 aliphatic carbocycles. The Bertz CT molecular complexity index is 271. The van der Waals surface area contributed by atoms with E-state index in [0.717, 1.165) is 44.1 Å². The van der Waals surface area contributed by atoms with Crippen LogP contribution in [0, 0.1) is 11.8 Å². The summed E-state index contributed by atoms with van der Waals surface area (Å²) in [5.74, 6) is 1.90.